The molecule has 0 amide bonds. The number of rotatable bonds is 7. The number of aliphatic hydroxyl groups excluding tert-OH is 1. The monoisotopic (exact) mass is 387 g/mol. The maximum atomic E-state index is 9.00. The van der Waals surface area contributed by atoms with Gasteiger partial charge in [0.1, 0.15) is 23.8 Å². The number of pyridine rings is 3. The van der Waals surface area contributed by atoms with Gasteiger partial charge in [-0.3, -0.25) is 9.97 Å². The van der Waals surface area contributed by atoms with E-state index in [1.165, 1.54) is 0 Å². The van der Waals surface area contributed by atoms with Crippen molar-refractivity contribution in [2.75, 3.05) is 13.2 Å². The molecule has 0 spiro atoms. The van der Waals surface area contributed by atoms with Gasteiger partial charge in [-0.2, -0.15) is 0 Å². The van der Waals surface area contributed by atoms with E-state index in [0.717, 1.165) is 28.7 Å². The van der Waals surface area contributed by atoms with Crippen LogP contribution < -0.4 is 9.47 Å². The Labute approximate surface area is 168 Å². The summed E-state index contributed by atoms with van der Waals surface area (Å²) in [4.78, 5) is 13.6. The molecule has 1 N–H and O–H groups in total. The van der Waals surface area contributed by atoms with Crippen LogP contribution in [-0.4, -0.2) is 33.3 Å². The maximum absolute atomic E-state index is 9.00. The first-order chi connectivity index (χ1) is 14.3. The van der Waals surface area contributed by atoms with Gasteiger partial charge < -0.3 is 14.6 Å². The van der Waals surface area contributed by atoms with Gasteiger partial charge in [0, 0.05) is 23.5 Å². The lowest BCUT2D eigenvalue weighted by Gasteiger charge is -2.13. The lowest BCUT2D eigenvalue weighted by molar-refractivity contribution is 0.201. The normalized spacial score (nSPS) is 10.8. The van der Waals surface area contributed by atoms with Crippen LogP contribution in [0.4, 0.5) is 0 Å². The SMILES string of the molecule is CCc1ccc(Oc2ccnc3ccc(OCCO)cc23)c(-c2ccccn2)n1. The van der Waals surface area contributed by atoms with Crippen molar-refractivity contribution >= 4 is 10.9 Å². The average molecular weight is 387 g/mol. The summed E-state index contributed by atoms with van der Waals surface area (Å²) in [7, 11) is 0. The zero-order chi connectivity index (χ0) is 20.1. The molecule has 4 rings (SSSR count). The minimum absolute atomic E-state index is 0.0443. The van der Waals surface area contributed by atoms with Crippen LogP contribution in [0.5, 0.6) is 17.2 Å². The number of aryl methyl sites for hydroxylation is 1. The largest absolute Gasteiger partial charge is 0.491 e. The Kier molecular flexibility index (Phi) is 5.63. The number of nitrogens with zero attached hydrogens (tertiary/aromatic N) is 3. The predicted molar refractivity (Wildman–Crippen MR) is 111 cm³/mol. The predicted octanol–water partition coefficient (Wildman–Crippen LogP) is 4.42. The van der Waals surface area contributed by atoms with Crippen LogP contribution in [0.3, 0.4) is 0 Å². The fourth-order valence-corrected chi connectivity index (χ4v) is 3.01. The van der Waals surface area contributed by atoms with Gasteiger partial charge in [-0.15, -0.1) is 0 Å². The average Bonchev–Trinajstić information content (AvgIpc) is 2.78. The van der Waals surface area contributed by atoms with E-state index in [0.29, 0.717) is 22.9 Å². The number of aromatic nitrogens is 3. The van der Waals surface area contributed by atoms with Crippen LogP contribution in [0.15, 0.2) is 67.0 Å². The molecule has 0 atom stereocenters. The zero-order valence-electron chi connectivity index (χ0n) is 16.1. The summed E-state index contributed by atoms with van der Waals surface area (Å²) in [6, 6.07) is 17.0. The second kappa shape index (κ2) is 8.67. The van der Waals surface area contributed by atoms with Crippen LogP contribution >= 0.6 is 0 Å². The highest BCUT2D eigenvalue weighted by Crippen LogP contribution is 2.35. The van der Waals surface area contributed by atoms with Crippen LogP contribution in [0.1, 0.15) is 12.6 Å². The molecule has 0 unspecified atom stereocenters. The fourth-order valence-electron chi connectivity index (χ4n) is 3.01. The van der Waals surface area contributed by atoms with Crippen LogP contribution in [0.2, 0.25) is 0 Å². The Bertz CT molecular complexity index is 1120. The molecular weight excluding hydrogens is 366 g/mol. The quantitative estimate of drug-likeness (QED) is 0.506. The molecule has 3 heterocycles. The van der Waals surface area contributed by atoms with Crippen LogP contribution in [0.25, 0.3) is 22.3 Å². The van der Waals surface area contributed by atoms with E-state index >= 15 is 0 Å². The Hall–Kier alpha value is -3.51. The Morgan fingerprint density at radius 1 is 0.931 bits per heavy atom. The third kappa shape index (κ3) is 4.17. The molecule has 0 saturated heterocycles. The van der Waals surface area contributed by atoms with Crippen molar-refractivity contribution in [3.63, 3.8) is 0 Å². The van der Waals surface area contributed by atoms with Crippen LogP contribution in [-0.2, 0) is 6.42 Å². The Morgan fingerprint density at radius 3 is 2.66 bits per heavy atom. The highest BCUT2D eigenvalue weighted by molar-refractivity contribution is 5.86. The molecule has 6 heteroatoms. The van der Waals surface area contributed by atoms with Crippen LogP contribution in [0, 0.1) is 0 Å². The van der Waals surface area contributed by atoms with E-state index in [9.17, 15) is 0 Å². The minimum atomic E-state index is -0.0443. The third-order valence-electron chi connectivity index (χ3n) is 4.44. The summed E-state index contributed by atoms with van der Waals surface area (Å²) in [5, 5.41) is 9.81. The van der Waals surface area contributed by atoms with E-state index in [2.05, 4.69) is 16.9 Å². The lowest BCUT2D eigenvalue weighted by Crippen LogP contribution is -2.01. The molecule has 6 nitrogen and oxygen atoms in total. The van der Waals surface area contributed by atoms with Gasteiger partial charge in [0.25, 0.3) is 0 Å². The molecule has 0 aliphatic carbocycles. The number of benzene rings is 1. The number of ether oxygens (including phenoxy) is 2. The second-order valence-corrected chi connectivity index (χ2v) is 6.38. The van der Waals surface area contributed by atoms with E-state index in [1.807, 2.05) is 54.6 Å². The summed E-state index contributed by atoms with van der Waals surface area (Å²) in [5.41, 5.74) is 3.21. The Balaban J connectivity index is 1.77. The lowest BCUT2D eigenvalue weighted by atomic mass is 10.1. The molecule has 0 aliphatic rings. The maximum Gasteiger partial charge on any atom is 0.155 e. The van der Waals surface area contributed by atoms with Crippen molar-refractivity contribution in [2.45, 2.75) is 13.3 Å². The molecule has 0 fully saturated rings. The van der Waals surface area contributed by atoms with Crippen molar-refractivity contribution in [2.24, 2.45) is 0 Å². The molecule has 3 aromatic heterocycles. The molecule has 0 aliphatic heterocycles. The summed E-state index contributed by atoms with van der Waals surface area (Å²) in [6.07, 6.45) is 4.27. The topological polar surface area (TPSA) is 77.4 Å². The molecule has 0 bridgehead atoms. The fraction of sp³-hybridized carbons (Fsp3) is 0.174. The van der Waals surface area contributed by atoms with Gasteiger partial charge >= 0.3 is 0 Å². The molecule has 1 aromatic carbocycles. The summed E-state index contributed by atoms with van der Waals surface area (Å²) < 4.78 is 11.8. The standard InChI is InChI=1S/C23H21N3O3/c1-2-16-6-9-22(23(26-16)20-5-3-4-11-24-20)29-21-10-12-25-19-8-7-17(15-18(19)21)28-14-13-27/h3-12,15,27H,2,13-14H2,1H3. The van der Waals surface area contributed by atoms with Crippen molar-refractivity contribution < 1.29 is 14.6 Å². The molecule has 0 radical (unpaired) electrons. The van der Waals surface area contributed by atoms with Crippen molar-refractivity contribution in [3.05, 3.63) is 72.7 Å². The van der Waals surface area contributed by atoms with E-state index in [-0.39, 0.29) is 13.2 Å². The first kappa shape index (κ1) is 18.8. The van der Waals surface area contributed by atoms with E-state index < -0.39 is 0 Å². The minimum Gasteiger partial charge on any atom is -0.491 e. The number of hydrogen-bond donors (Lipinski definition) is 1. The zero-order valence-corrected chi connectivity index (χ0v) is 16.1. The van der Waals surface area contributed by atoms with Crippen molar-refractivity contribution in [1.29, 1.82) is 0 Å². The molecule has 29 heavy (non-hydrogen) atoms. The summed E-state index contributed by atoms with van der Waals surface area (Å²) >= 11 is 0. The van der Waals surface area contributed by atoms with E-state index in [1.54, 1.807) is 12.4 Å². The smallest absolute Gasteiger partial charge is 0.155 e. The van der Waals surface area contributed by atoms with Gasteiger partial charge in [0.15, 0.2) is 5.75 Å². The van der Waals surface area contributed by atoms with Crippen molar-refractivity contribution in [3.8, 4) is 28.6 Å². The van der Waals surface area contributed by atoms with Gasteiger partial charge in [-0.25, -0.2) is 4.98 Å². The second-order valence-electron chi connectivity index (χ2n) is 6.38. The summed E-state index contributed by atoms with van der Waals surface area (Å²) in [6.45, 7) is 2.25. The van der Waals surface area contributed by atoms with Gasteiger partial charge in [-0.1, -0.05) is 13.0 Å². The first-order valence-electron chi connectivity index (χ1n) is 9.50. The highest BCUT2D eigenvalue weighted by atomic mass is 16.5. The van der Waals surface area contributed by atoms with Gasteiger partial charge in [0.05, 0.1) is 17.8 Å². The Morgan fingerprint density at radius 2 is 1.86 bits per heavy atom. The molecule has 0 saturated carbocycles. The van der Waals surface area contributed by atoms with Gasteiger partial charge in [-0.05, 0) is 55.0 Å². The third-order valence-corrected chi connectivity index (χ3v) is 4.44. The molecular formula is C23H21N3O3. The van der Waals surface area contributed by atoms with E-state index in [4.69, 9.17) is 19.6 Å². The number of hydrogen-bond acceptors (Lipinski definition) is 6. The first-order valence-corrected chi connectivity index (χ1v) is 9.50. The number of aliphatic hydroxyl groups is 1. The molecule has 146 valence electrons. The molecule has 4 aromatic rings. The number of fused-ring (bicyclic) bond motifs is 1. The highest BCUT2D eigenvalue weighted by Gasteiger charge is 2.14. The summed E-state index contributed by atoms with van der Waals surface area (Å²) in [5.74, 6) is 1.91. The van der Waals surface area contributed by atoms with Gasteiger partial charge in [0.2, 0.25) is 0 Å². The van der Waals surface area contributed by atoms with Crippen molar-refractivity contribution in [1.82, 2.24) is 15.0 Å².